The minimum atomic E-state index is 0.556. The summed E-state index contributed by atoms with van der Waals surface area (Å²) in [6.07, 6.45) is 0.995. The first-order valence-corrected chi connectivity index (χ1v) is 8.12. The van der Waals surface area contributed by atoms with Gasteiger partial charge in [0.1, 0.15) is 12.4 Å². The molecule has 3 rings (SSSR count). The molecule has 23 heavy (non-hydrogen) atoms. The summed E-state index contributed by atoms with van der Waals surface area (Å²) in [4.78, 5) is 0. The van der Waals surface area contributed by atoms with Gasteiger partial charge in [0.25, 0.3) is 0 Å². The van der Waals surface area contributed by atoms with Crippen molar-refractivity contribution in [1.82, 2.24) is 0 Å². The Kier molecular flexibility index (Phi) is 4.99. The summed E-state index contributed by atoms with van der Waals surface area (Å²) in [6.45, 7) is 6.62. The van der Waals surface area contributed by atoms with Crippen LogP contribution in [0.3, 0.4) is 0 Å². The fourth-order valence-electron chi connectivity index (χ4n) is 3.16. The molecule has 0 atom stereocenters. The van der Waals surface area contributed by atoms with Gasteiger partial charge in [-0.15, -0.1) is 0 Å². The van der Waals surface area contributed by atoms with E-state index in [0.29, 0.717) is 26.4 Å². The van der Waals surface area contributed by atoms with Gasteiger partial charge in [-0.1, -0.05) is 29.8 Å². The zero-order valence-corrected chi connectivity index (χ0v) is 14.1. The van der Waals surface area contributed by atoms with Crippen molar-refractivity contribution >= 4 is 0 Å². The Bertz CT molecular complexity index is 692. The van der Waals surface area contributed by atoms with Gasteiger partial charge in [0.15, 0.2) is 0 Å². The Morgan fingerprint density at radius 1 is 0.870 bits per heavy atom. The van der Waals surface area contributed by atoms with Crippen LogP contribution >= 0.6 is 0 Å². The van der Waals surface area contributed by atoms with Crippen molar-refractivity contribution in [2.75, 3.05) is 33.5 Å². The monoisotopic (exact) mass is 312 g/mol. The van der Waals surface area contributed by atoms with E-state index < -0.39 is 0 Å². The van der Waals surface area contributed by atoms with E-state index in [-0.39, 0.29) is 0 Å². The van der Waals surface area contributed by atoms with Gasteiger partial charge in [-0.2, -0.15) is 0 Å². The van der Waals surface area contributed by atoms with Crippen LogP contribution in [0.25, 0.3) is 11.1 Å². The van der Waals surface area contributed by atoms with Crippen LogP contribution < -0.4 is 4.74 Å². The number of benzene rings is 2. The highest BCUT2D eigenvalue weighted by atomic mass is 16.5. The lowest BCUT2D eigenvalue weighted by Crippen LogP contribution is -2.10. The van der Waals surface area contributed by atoms with E-state index in [9.17, 15) is 0 Å². The average Bonchev–Trinajstić information content (AvgIpc) is 2.87. The predicted molar refractivity (Wildman–Crippen MR) is 92.3 cm³/mol. The number of hydrogen-bond acceptors (Lipinski definition) is 3. The third-order valence-electron chi connectivity index (χ3n) is 4.16. The van der Waals surface area contributed by atoms with Crippen LogP contribution in [0, 0.1) is 13.8 Å². The first-order chi connectivity index (χ1) is 11.2. The van der Waals surface area contributed by atoms with Crippen LogP contribution in [0.15, 0.2) is 30.3 Å². The molecule has 3 nitrogen and oxygen atoms in total. The van der Waals surface area contributed by atoms with Crippen molar-refractivity contribution in [3.8, 4) is 16.9 Å². The van der Waals surface area contributed by atoms with Crippen LogP contribution in [0.4, 0.5) is 0 Å². The smallest absolute Gasteiger partial charge is 0.127 e. The minimum Gasteiger partial charge on any atom is -0.491 e. The Morgan fingerprint density at radius 3 is 2.48 bits per heavy atom. The standard InChI is InChI=1S/C20H24O3/c1-14-4-5-18-16(10-14)13-17-11-15(2)12-19(20(17)18)23-9-8-22-7-6-21-3/h4-5,10-12H,6-9,13H2,1-3H3. The molecular weight excluding hydrogens is 288 g/mol. The Morgan fingerprint density at radius 2 is 1.65 bits per heavy atom. The summed E-state index contributed by atoms with van der Waals surface area (Å²) in [5.41, 5.74) is 7.86. The lowest BCUT2D eigenvalue weighted by Gasteiger charge is -2.13. The largest absolute Gasteiger partial charge is 0.491 e. The summed E-state index contributed by atoms with van der Waals surface area (Å²) in [5.74, 6) is 0.970. The van der Waals surface area contributed by atoms with Crippen LogP contribution in [0.1, 0.15) is 22.3 Å². The zero-order valence-electron chi connectivity index (χ0n) is 14.1. The van der Waals surface area contributed by atoms with E-state index in [1.165, 1.54) is 33.4 Å². The topological polar surface area (TPSA) is 27.7 Å². The summed E-state index contributed by atoms with van der Waals surface area (Å²) in [6, 6.07) is 11.1. The van der Waals surface area contributed by atoms with Crippen molar-refractivity contribution in [2.45, 2.75) is 20.3 Å². The van der Waals surface area contributed by atoms with E-state index >= 15 is 0 Å². The highest BCUT2D eigenvalue weighted by molar-refractivity contribution is 5.82. The maximum Gasteiger partial charge on any atom is 0.127 e. The molecule has 1 aliphatic carbocycles. The van der Waals surface area contributed by atoms with E-state index in [2.05, 4.69) is 44.2 Å². The Labute approximate surface area is 138 Å². The molecular formula is C20H24O3. The molecule has 1 aliphatic rings. The molecule has 0 radical (unpaired) electrons. The van der Waals surface area contributed by atoms with Crippen molar-refractivity contribution in [3.63, 3.8) is 0 Å². The molecule has 3 heteroatoms. The average molecular weight is 312 g/mol. The second kappa shape index (κ2) is 7.16. The molecule has 2 aromatic rings. The van der Waals surface area contributed by atoms with Gasteiger partial charge in [-0.05, 0) is 48.6 Å². The van der Waals surface area contributed by atoms with Gasteiger partial charge in [0.05, 0.1) is 19.8 Å². The second-order valence-electron chi connectivity index (χ2n) is 6.09. The van der Waals surface area contributed by atoms with Gasteiger partial charge in [-0.3, -0.25) is 0 Å². The molecule has 122 valence electrons. The molecule has 0 heterocycles. The zero-order chi connectivity index (χ0) is 16.2. The van der Waals surface area contributed by atoms with Crippen LogP contribution in [0.5, 0.6) is 5.75 Å². The quantitative estimate of drug-likeness (QED) is 0.619. The van der Waals surface area contributed by atoms with Gasteiger partial charge in [0, 0.05) is 12.7 Å². The SMILES string of the molecule is COCCOCCOc1cc(C)cc2c1-c1ccc(C)cc1C2. The number of methoxy groups -OCH3 is 1. The molecule has 2 aromatic carbocycles. The molecule has 0 saturated carbocycles. The molecule has 0 aromatic heterocycles. The number of hydrogen-bond donors (Lipinski definition) is 0. The summed E-state index contributed by atoms with van der Waals surface area (Å²) in [5, 5.41) is 0. The molecule has 0 aliphatic heterocycles. The number of fused-ring (bicyclic) bond motifs is 3. The second-order valence-corrected chi connectivity index (χ2v) is 6.09. The van der Waals surface area contributed by atoms with Crippen LogP contribution in [0.2, 0.25) is 0 Å². The minimum absolute atomic E-state index is 0.556. The van der Waals surface area contributed by atoms with E-state index in [0.717, 1.165) is 12.2 Å². The molecule has 0 fully saturated rings. The van der Waals surface area contributed by atoms with Gasteiger partial charge >= 0.3 is 0 Å². The maximum absolute atomic E-state index is 6.03. The first kappa shape index (κ1) is 16.0. The highest BCUT2D eigenvalue weighted by Crippen LogP contribution is 2.43. The Balaban J connectivity index is 1.76. The third-order valence-corrected chi connectivity index (χ3v) is 4.16. The highest BCUT2D eigenvalue weighted by Gasteiger charge is 2.22. The van der Waals surface area contributed by atoms with E-state index in [1.807, 2.05) is 0 Å². The molecule has 0 N–H and O–H groups in total. The normalized spacial score (nSPS) is 12.1. The molecule has 0 spiro atoms. The molecule has 0 unspecified atom stereocenters. The van der Waals surface area contributed by atoms with E-state index in [4.69, 9.17) is 14.2 Å². The summed E-state index contributed by atoms with van der Waals surface area (Å²) >= 11 is 0. The van der Waals surface area contributed by atoms with Crippen LogP contribution in [-0.4, -0.2) is 33.5 Å². The maximum atomic E-state index is 6.03. The fourth-order valence-corrected chi connectivity index (χ4v) is 3.16. The van der Waals surface area contributed by atoms with Gasteiger partial charge < -0.3 is 14.2 Å². The Hall–Kier alpha value is -1.84. The summed E-state index contributed by atoms with van der Waals surface area (Å²) in [7, 11) is 1.68. The fraction of sp³-hybridized carbons (Fsp3) is 0.400. The lowest BCUT2D eigenvalue weighted by molar-refractivity contribution is 0.0545. The van der Waals surface area contributed by atoms with Crippen molar-refractivity contribution < 1.29 is 14.2 Å². The summed E-state index contributed by atoms with van der Waals surface area (Å²) < 4.78 is 16.5. The van der Waals surface area contributed by atoms with Gasteiger partial charge in [0.2, 0.25) is 0 Å². The number of rotatable bonds is 7. The predicted octanol–water partition coefficient (Wildman–Crippen LogP) is 3.92. The van der Waals surface area contributed by atoms with Gasteiger partial charge in [-0.25, -0.2) is 0 Å². The van der Waals surface area contributed by atoms with Crippen LogP contribution in [-0.2, 0) is 15.9 Å². The van der Waals surface area contributed by atoms with Crippen molar-refractivity contribution in [2.24, 2.45) is 0 Å². The molecule has 0 saturated heterocycles. The van der Waals surface area contributed by atoms with E-state index in [1.54, 1.807) is 7.11 Å². The molecule has 0 amide bonds. The lowest BCUT2D eigenvalue weighted by atomic mass is 10.0. The number of ether oxygens (including phenoxy) is 3. The third kappa shape index (κ3) is 3.57. The van der Waals surface area contributed by atoms with Crippen molar-refractivity contribution in [1.29, 1.82) is 0 Å². The first-order valence-electron chi connectivity index (χ1n) is 8.12. The van der Waals surface area contributed by atoms with Crippen molar-refractivity contribution in [3.05, 3.63) is 52.6 Å². The molecule has 0 bridgehead atoms. The number of aryl methyl sites for hydroxylation is 2.